The quantitative estimate of drug-likeness (QED) is 0.693. The zero-order chi connectivity index (χ0) is 13.8. The third-order valence-corrected chi connectivity index (χ3v) is 3.59. The molecule has 1 saturated carbocycles. The molecule has 4 heteroatoms. The monoisotopic (exact) mass is 256 g/mol. The average Bonchev–Trinajstić information content (AvgIpc) is 2.67. The van der Waals surface area contributed by atoms with Gasteiger partial charge in [0.15, 0.2) is 0 Å². The van der Waals surface area contributed by atoms with Crippen LogP contribution >= 0.6 is 0 Å². The zero-order valence-electron chi connectivity index (χ0n) is 11.9. The van der Waals surface area contributed by atoms with Crippen LogP contribution < -0.4 is 11.1 Å². The zero-order valence-corrected chi connectivity index (χ0v) is 11.9. The minimum atomic E-state index is -0.174. The fourth-order valence-corrected chi connectivity index (χ4v) is 2.65. The molecule has 1 fully saturated rings. The van der Waals surface area contributed by atoms with Crippen molar-refractivity contribution in [1.29, 1.82) is 0 Å². The van der Waals surface area contributed by atoms with Gasteiger partial charge in [-0.1, -0.05) is 20.8 Å². The van der Waals surface area contributed by atoms with Gasteiger partial charge in [-0.05, 0) is 37.0 Å². The van der Waals surface area contributed by atoms with Crippen molar-refractivity contribution in [2.45, 2.75) is 52.6 Å². The summed E-state index contributed by atoms with van der Waals surface area (Å²) in [5.41, 5.74) is 5.80. The number of nitrogens with one attached hydrogen (secondary N) is 1. The van der Waals surface area contributed by atoms with E-state index >= 15 is 0 Å². The Bertz CT molecular complexity index is 273. The molecular formula is C14H28N2O2. The number of hydrogen-bond acceptors (Lipinski definition) is 3. The topological polar surface area (TPSA) is 75.4 Å². The van der Waals surface area contributed by atoms with Gasteiger partial charge in [0.2, 0.25) is 5.91 Å². The molecule has 0 heterocycles. The van der Waals surface area contributed by atoms with E-state index in [0.29, 0.717) is 19.0 Å². The number of carbonyl (C=O) groups is 1. The van der Waals surface area contributed by atoms with Gasteiger partial charge in [-0.2, -0.15) is 0 Å². The smallest absolute Gasteiger partial charge is 0.224 e. The fourth-order valence-electron chi connectivity index (χ4n) is 2.65. The van der Waals surface area contributed by atoms with Crippen LogP contribution in [0.25, 0.3) is 0 Å². The van der Waals surface area contributed by atoms with Crippen LogP contribution in [0.3, 0.4) is 0 Å². The van der Waals surface area contributed by atoms with E-state index in [-0.39, 0.29) is 23.3 Å². The van der Waals surface area contributed by atoms with Gasteiger partial charge >= 0.3 is 0 Å². The Hall–Kier alpha value is -0.610. The summed E-state index contributed by atoms with van der Waals surface area (Å²) in [7, 11) is 0. The summed E-state index contributed by atoms with van der Waals surface area (Å²) < 4.78 is 0. The third kappa shape index (κ3) is 5.36. The summed E-state index contributed by atoms with van der Waals surface area (Å²) in [5.74, 6) is 0.391. The van der Waals surface area contributed by atoms with Crippen molar-refractivity contribution in [3.63, 3.8) is 0 Å². The Morgan fingerprint density at radius 3 is 2.56 bits per heavy atom. The Balaban J connectivity index is 2.33. The van der Waals surface area contributed by atoms with Crippen LogP contribution in [0.15, 0.2) is 0 Å². The van der Waals surface area contributed by atoms with Crippen molar-refractivity contribution in [1.82, 2.24) is 5.32 Å². The van der Waals surface area contributed by atoms with Crippen LogP contribution in [-0.4, -0.2) is 30.2 Å². The molecule has 0 aromatic rings. The van der Waals surface area contributed by atoms with Gasteiger partial charge in [0.1, 0.15) is 0 Å². The first kappa shape index (κ1) is 15.4. The van der Waals surface area contributed by atoms with E-state index in [2.05, 4.69) is 26.1 Å². The normalized spacial score (nSPS) is 26.1. The minimum absolute atomic E-state index is 0.0637. The highest BCUT2D eigenvalue weighted by atomic mass is 16.3. The largest absolute Gasteiger partial charge is 0.393 e. The molecule has 3 unspecified atom stereocenters. The minimum Gasteiger partial charge on any atom is -0.393 e. The van der Waals surface area contributed by atoms with Crippen molar-refractivity contribution in [3.05, 3.63) is 0 Å². The van der Waals surface area contributed by atoms with Crippen molar-refractivity contribution >= 4 is 5.91 Å². The standard InChI is InChI=1S/C14H28N2O2/c1-14(2,3)7-11(8-15)13(18)16-9-10-4-5-12(17)6-10/h10-12,17H,4-9,15H2,1-3H3,(H,16,18). The maximum atomic E-state index is 12.0. The van der Waals surface area contributed by atoms with E-state index in [1.807, 2.05) is 0 Å². The molecule has 0 aliphatic heterocycles. The SMILES string of the molecule is CC(C)(C)CC(CN)C(=O)NCC1CCC(O)C1. The van der Waals surface area contributed by atoms with Gasteiger partial charge in [0.05, 0.1) is 12.0 Å². The highest BCUT2D eigenvalue weighted by molar-refractivity contribution is 5.78. The molecule has 106 valence electrons. The van der Waals surface area contributed by atoms with E-state index in [9.17, 15) is 9.90 Å². The lowest BCUT2D eigenvalue weighted by atomic mass is 9.84. The van der Waals surface area contributed by atoms with E-state index in [0.717, 1.165) is 25.7 Å². The highest BCUT2D eigenvalue weighted by Crippen LogP contribution is 2.26. The summed E-state index contributed by atoms with van der Waals surface area (Å²) >= 11 is 0. The molecule has 18 heavy (non-hydrogen) atoms. The van der Waals surface area contributed by atoms with Crippen molar-refractivity contribution in [2.75, 3.05) is 13.1 Å². The maximum Gasteiger partial charge on any atom is 0.224 e. The Kier molecular flexibility index (Phi) is 5.60. The summed E-state index contributed by atoms with van der Waals surface area (Å²) in [5, 5.41) is 12.4. The first-order chi connectivity index (χ1) is 8.31. The van der Waals surface area contributed by atoms with Crippen LogP contribution in [0.2, 0.25) is 0 Å². The highest BCUT2D eigenvalue weighted by Gasteiger charge is 2.26. The lowest BCUT2D eigenvalue weighted by Crippen LogP contribution is -2.39. The van der Waals surface area contributed by atoms with Crippen LogP contribution in [0.1, 0.15) is 46.5 Å². The van der Waals surface area contributed by atoms with E-state index in [1.54, 1.807) is 0 Å². The summed E-state index contributed by atoms with van der Waals surface area (Å²) in [4.78, 5) is 12.0. The molecule has 4 nitrogen and oxygen atoms in total. The second kappa shape index (κ2) is 6.53. The number of aliphatic hydroxyl groups is 1. The molecule has 1 aliphatic carbocycles. The van der Waals surface area contributed by atoms with Crippen molar-refractivity contribution in [2.24, 2.45) is 23.0 Å². The van der Waals surface area contributed by atoms with Crippen LogP contribution in [0, 0.1) is 17.3 Å². The summed E-state index contributed by atoms with van der Waals surface area (Å²) in [6.07, 6.45) is 3.32. The van der Waals surface area contributed by atoms with Gasteiger partial charge in [0, 0.05) is 13.1 Å². The molecule has 1 amide bonds. The lowest BCUT2D eigenvalue weighted by molar-refractivity contribution is -0.125. The number of rotatable bonds is 5. The Morgan fingerprint density at radius 2 is 2.11 bits per heavy atom. The van der Waals surface area contributed by atoms with Crippen LogP contribution in [0.5, 0.6) is 0 Å². The van der Waals surface area contributed by atoms with Crippen LogP contribution in [-0.2, 0) is 4.79 Å². The van der Waals surface area contributed by atoms with Crippen LogP contribution in [0.4, 0.5) is 0 Å². The fraction of sp³-hybridized carbons (Fsp3) is 0.929. The number of aliphatic hydroxyl groups excluding tert-OH is 1. The number of carbonyl (C=O) groups excluding carboxylic acids is 1. The summed E-state index contributed by atoms with van der Waals surface area (Å²) in [6.45, 7) is 7.44. The van der Waals surface area contributed by atoms with Crippen molar-refractivity contribution < 1.29 is 9.90 Å². The second-order valence-electron chi connectivity index (χ2n) is 6.78. The van der Waals surface area contributed by atoms with Gasteiger partial charge in [0.25, 0.3) is 0 Å². The number of amides is 1. The molecular weight excluding hydrogens is 228 g/mol. The molecule has 4 N–H and O–H groups in total. The second-order valence-corrected chi connectivity index (χ2v) is 6.78. The average molecular weight is 256 g/mol. The molecule has 0 bridgehead atoms. The molecule has 0 saturated heterocycles. The predicted molar refractivity (Wildman–Crippen MR) is 73.0 cm³/mol. The predicted octanol–water partition coefficient (Wildman–Crippen LogP) is 1.27. The molecule has 0 radical (unpaired) electrons. The van der Waals surface area contributed by atoms with E-state index < -0.39 is 0 Å². The lowest BCUT2D eigenvalue weighted by Gasteiger charge is -2.24. The number of hydrogen-bond donors (Lipinski definition) is 3. The first-order valence-electron chi connectivity index (χ1n) is 6.97. The molecule has 1 rings (SSSR count). The van der Waals surface area contributed by atoms with Gasteiger partial charge in [-0.25, -0.2) is 0 Å². The van der Waals surface area contributed by atoms with E-state index in [4.69, 9.17) is 5.73 Å². The molecule has 3 atom stereocenters. The number of nitrogens with two attached hydrogens (primary N) is 1. The molecule has 0 aromatic carbocycles. The van der Waals surface area contributed by atoms with Gasteiger partial charge < -0.3 is 16.2 Å². The maximum absolute atomic E-state index is 12.0. The summed E-state index contributed by atoms with van der Waals surface area (Å²) in [6, 6.07) is 0. The van der Waals surface area contributed by atoms with Gasteiger partial charge in [-0.15, -0.1) is 0 Å². The molecule has 1 aliphatic rings. The Morgan fingerprint density at radius 1 is 1.44 bits per heavy atom. The molecule has 0 aromatic heterocycles. The van der Waals surface area contributed by atoms with Gasteiger partial charge in [-0.3, -0.25) is 4.79 Å². The van der Waals surface area contributed by atoms with E-state index in [1.165, 1.54) is 0 Å². The van der Waals surface area contributed by atoms with Crippen molar-refractivity contribution in [3.8, 4) is 0 Å². The Labute approximate surface area is 110 Å². The first-order valence-corrected chi connectivity index (χ1v) is 6.97. The molecule has 0 spiro atoms. The third-order valence-electron chi connectivity index (χ3n) is 3.59.